The van der Waals surface area contributed by atoms with Crippen LogP contribution in [0.1, 0.15) is 54.1 Å². The van der Waals surface area contributed by atoms with Crippen LogP contribution in [-0.4, -0.2) is 11.6 Å². The first-order valence-electron chi connectivity index (χ1n) is 7.02. The van der Waals surface area contributed by atoms with Gasteiger partial charge in [0, 0.05) is 11.3 Å². The molecule has 2 rings (SSSR count). The van der Waals surface area contributed by atoms with E-state index in [-0.39, 0.29) is 5.91 Å². The summed E-state index contributed by atoms with van der Waals surface area (Å²) in [5.74, 6) is 0.377. The molecule has 0 aliphatic heterocycles. The third-order valence-corrected chi connectivity index (χ3v) is 3.96. The first-order chi connectivity index (χ1) is 9.08. The van der Waals surface area contributed by atoms with Gasteiger partial charge in [-0.1, -0.05) is 19.4 Å². The summed E-state index contributed by atoms with van der Waals surface area (Å²) in [4.78, 5) is 12.0. The normalized spacial score (nSPS) is 21.4. The molecule has 1 aliphatic rings. The molecule has 0 bridgehead atoms. The summed E-state index contributed by atoms with van der Waals surface area (Å²) in [6.07, 6.45) is 4.64. The first-order valence-corrected chi connectivity index (χ1v) is 7.02. The Balaban J connectivity index is 2.04. The number of carbonyl (C=O) groups is 1. The van der Waals surface area contributed by atoms with Crippen LogP contribution in [0.15, 0.2) is 23.3 Å². The number of carbonyl (C=O) groups excluding carboxylic acids is 1. The van der Waals surface area contributed by atoms with Gasteiger partial charge in [-0.15, -0.1) is 0 Å². The van der Waals surface area contributed by atoms with Gasteiger partial charge in [0.25, 0.3) is 5.91 Å². The highest BCUT2D eigenvalue weighted by Gasteiger charge is 2.16. The van der Waals surface area contributed by atoms with Gasteiger partial charge in [0.05, 0.1) is 0 Å². The summed E-state index contributed by atoms with van der Waals surface area (Å²) in [5, 5.41) is 4.31. The van der Waals surface area contributed by atoms with Gasteiger partial charge in [-0.2, -0.15) is 5.10 Å². The van der Waals surface area contributed by atoms with Crippen molar-refractivity contribution in [2.75, 3.05) is 0 Å². The number of hydrogen-bond donors (Lipinski definition) is 1. The average Bonchev–Trinajstić information content (AvgIpc) is 2.40. The minimum Gasteiger partial charge on any atom is -0.267 e. The largest absolute Gasteiger partial charge is 0.271 e. The summed E-state index contributed by atoms with van der Waals surface area (Å²) in [6, 6.07) is 5.73. The maximum Gasteiger partial charge on any atom is 0.271 e. The Bertz CT molecular complexity index is 505. The van der Waals surface area contributed by atoms with Crippen LogP contribution in [0, 0.1) is 19.8 Å². The zero-order chi connectivity index (χ0) is 13.8. The Hall–Kier alpha value is -1.64. The number of nitrogens with zero attached hydrogens (tertiary/aromatic N) is 1. The highest BCUT2D eigenvalue weighted by atomic mass is 16.2. The lowest BCUT2D eigenvalue weighted by molar-refractivity contribution is 0.0954. The highest BCUT2D eigenvalue weighted by Crippen LogP contribution is 2.20. The van der Waals surface area contributed by atoms with Crippen molar-refractivity contribution in [3.8, 4) is 0 Å². The SMILES string of the molecule is Cc1ccc(C(=O)NN=C2CCCCC2C)cc1C. The predicted octanol–water partition coefficient (Wildman–Crippen LogP) is 3.60. The molecule has 1 N–H and O–H groups in total. The summed E-state index contributed by atoms with van der Waals surface area (Å²) < 4.78 is 0. The topological polar surface area (TPSA) is 41.5 Å². The van der Waals surface area contributed by atoms with E-state index in [1.54, 1.807) is 0 Å². The van der Waals surface area contributed by atoms with Gasteiger partial charge in [0.2, 0.25) is 0 Å². The fourth-order valence-corrected chi connectivity index (χ4v) is 2.41. The minimum atomic E-state index is -0.117. The molecular weight excluding hydrogens is 236 g/mol. The van der Waals surface area contributed by atoms with E-state index in [9.17, 15) is 4.79 Å². The Labute approximate surface area is 115 Å². The van der Waals surface area contributed by atoms with Crippen molar-refractivity contribution in [2.45, 2.75) is 46.5 Å². The van der Waals surface area contributed by atoms with E-state index in [4.69, 9.17) is 0 Å². The maximum absolute atomic E-state index is 12.0. The second kappa shape index (κ2) is 6.00. The van der Waals surface area contributed by atoms with Crippen molar-refractivity contribution >= 4 is 11.6 Å². The van der Waals surface area contributed by atoms with E-state index in [1.807, 2.05) is 32.0 Å². The molecule has 19 heavy (non-hydrogen) atoms. The van der Waals surface area contributed by atoms with Crippen LogP contribution in [0.4, 0.5) is 0 Å². The van der Waals surface area contributed by atoms with Gasteiger partial charge in [0.15, 0.2) is 0 Å². The number of aryl methyl sites for hydroxylation is 2. The Kier molecular flexibility index (Phi) is 4.35. The lowest BCUT2D eigenvalue weighted by atomic mass is 9.89. The molecular formula is C16H22N2O. The lowest BCUT2D eigenvalue weighted by Gasteiger charge is -2.19. The van der Waals surface area contributed by atoms with Gasteiger partial charge >= 0.3 is 0 Å². The maximum atomic E-state index is 12.0. The van der Waals surface area contributed by atoms with E-state index < -0.39 is 0 Å². The van der Waals surface area contributed by atoms with E-state index >= 15 is 0 Å². The standard InChI is InChI=1S/C16H22N2O/c1-11-8-9-14(10-13(11)3)16(19)18-17-15-7-5-4-6-12(15)2/h8-10,12H,4-7H2,1-3H3,(H,18,19). The Morgan fingerprint density at radius 1 is 1.26 bits per heavy atom. The fraction of sp³-hybridized carbons (Fsp3) is 0.500. The van der Waals surface area contributed by atoms with Crippen molar-refractivity contribution in [3.05, 3.63) is 34.9 Å². The second-order valence-electron chi connectivity index (χ2n) is 5.49. The number of rotatable bonds is 2. The van der Waals surface area contributed by atoms with Gasteiger partial charge in [-0.3, -0.25) is 4.79 Å². The lowest BCUT2D eigenvalue weighted by Crippen LogP contribution is -2.24. The fourth-order valence-electron chi connectivity index (χ4n) is 2.41. The summed E-state index contributed by atoms with van der Waals surface area (Å²) in [7, 11) is 0. The van der Waals surface area contributed by atoms with Crippen LogP contribution < -0.4 is 5.43 Å². The molecule has 0 spiro atoms. The van der Waals surface area contributed by atoms with E-state index in [2.05, 4.69) is 17.5 Å². The zero-order valence-electron chi connectivity index (χ0n) is 12.0. The van der Waals surface area contributed by atoms with Crippen LogP contribution in [0.3, 0.4) is 0 Å². The smallest absolute Gasteiger partial charge is 0.267 e. The molecule has 1 saturated carbocycles. The van der Waals surface area contributed by atoms with E-state index in [1.165, 1.54) is 24.8 Å². The molecule has 3 nitrogen and oxygen atoms in total. The van der Waals surface area contributed by atoms with Crippen molar-refractivity contribution in [3.63, 3.8) is 0 Å². The molecule has 1 aromatic rings. The van der Waals surface area contributed by atoms with Gasteiger partial charge < -0.3 is 0 Å². The van der Waals surface area contributed by atoms with E-state index in [0.29, 0.717) is 11.5 Å². The third kappa shape index (κ3) is 3.43. The summed E-state index contributed by atoms with van der Waals surface area (Å²) in [6.45, 7) is 6.24. The van der Waals surface area contributed by atoms with Crippen molar-refractivity contribution in [2.24, 2.45) is 11.0 Å². The van der Waals surface area contributed by atoms with Crippen LogP contribution in [0.5, 0.6) is 0 Å². The monoisotopic (exact) mass is 258 g/mol. The summed E-state index contributed by atoms with van der Waals surface area (Å²) in [5.41, 5.74) is 6.83. The molecule has 1 amide bonds. The molecule has 1 fully saturated rings. The third-order valence-electron chi connectivity index (χ3n) is 3.96. The van der Waals surface area contributed by atoms with Crippen molar-refractivity contribution in [1.29, 1.82) is 0 Å². The van der Waals surface area contributed by atoms with E-state index in [0.717, 1.165) is 17.7 Å². The van der Waals surface area contributed by atoms with Crippen LogP contribution >= 0.6 is 0 Å². The number of benzene rings is 1. The van der Waals surface area contributed by atoms with Crippen LogP contribution in [-0.2, 0) is 0 Å². The average molecular weight is 258 g/mol. The van der Waals surface area contributed by atoms with Gasteiger partial charge in [-0.25, -0.2) is 5.43 Å². The molecule has 0 heterocycles. The zero-order valence-corrected chi connectivity index (χ0v) is 12.0. The number of hydrogen-bond acceptors (Lipinski definition) is 2. The Morgan fingerprint density at radius 2 is 2.05 bits per heavy atom. The predicted molar refractivity (Wildman–Crippen MR) is 78.4 cm³/mol. The molecule has 1 aromatic carbocycles. The second-order valence-corrected chi connectivity index (χ2v) is 5.49. The van der Waals surface area contributed by atoms with Crippen LogP contribution in [0.2, 0.25) is 0 Å². The molecule has 1 aliphatic carbocycles. The highest BCUT2D eigenvalue weighted by molar-refractivity contribution is 5.96. The molecule has 0 aromatic heterocycles. The summed E-state index contributed by atoms with van der Waals surface area (Å²) >= 11 is 0. The van der Waals surface area contributed by atoms with Crippen molar-refractivity contribution in [1.82, 2.24) is 5.43 Å². The molecule has 3 heteroatoms. The van der Waals surface area contributed by atoms with Gasteiger partial charge in [0.1, 0.15) is 0 Å². The Morgan fingerprint density at radius 3 is 2.74 bits per heavy atom. The molecule has 0 radical (unpaired) electrons. The van der Waals surface area contributed by atoms with Crippen molar-refractivity contribution < 1.29 is 4.79 Å². The van der Waals surface area contributed by atoms with Crippen LogP contribution in [0.25, 0.3) is 0 Å². The quantitative estimate of drug-likeness (QED) is 0.809. The molecule has 0 saturated heterocycles. The molecule has 102 valence electrons. The van der Waals surface area contributed by atoms with Gasteiger partial charge in [-0.05, 0) is 62.3 Å². The number of hydrazone groups is 1. The molecule has 1 unspecified atom stereocenters. The number of nitrogens with one attached hydrogen (secondary N) is 1. The number of amides is 1. The first kappa shape index (κ1) is 13.8. The minimum absolute atomic E-state index is 0.117. The molecule has 1 atom stereocenters.